The smallest absolute Gasteiger partial charge is 0.137 e. The highest BCUT2D eigenvalue weighted by molar-refractivity contribution is 5.80. The topological polar surface area (TPSA) is 50.4 Å². The monoisotopic (exact) mass is 168 g/mol. The maximum atomic E-state index is 11.1. The number of ketones is 1. The molecule has 0 atom stereocenters. The summed E-state index contributed by atoms with van der Waals surface area (Å²) in [4.78, 5) is 11.1. The molecule has 66 valence electrons. The van der Waals surface area contributed by atoms with Crippen LogP contribution < -0.4 is 0 Å². The normalized spacial score (nSPS) is 10.1. The number of aliphatic hydroxyl groups is 1. The van der Waals surface area contributed by atoms with Crippen LogP contribution in [0.25, 0.3) is 0 Å². The Hall–Kier alpha value is -1.09. The summed E-state index contributed by atoms with van der Waals surface area (Å²) in [5.41, 5.74) is 0.901. The lowest BCUT2D eigenvalue weighted by atomic mass is 10.1. The van der Waals surface area contributed by atoms with E-state index in [1.54, 1.807) is 18.6 Å². The first-order valence-corrected chi connectivity index (χ1v) is 3.96. The second-order valence-corrected chi connectivity index (χ2v) is 2.67. The van der Waals surface area contributed by atoms with Gasteiger partial charge in [-0.3, -0.25) is 4.79 Å². The molecule has 1 N–H and O–H groups in total. The molecule has 0 bridgehead atoms. The summed E-state index contributed by atoms with van der Waals surface area (Å²) in [5, 5.41) is 8.47. The first kappa shape index (κ1) is 9.00. The molecule has 0 aliphatic heterocycles. The maximum Gasteiger partial charge on any atom is 0.137 e. The molecule has 0 radical (unpaired) electrons. The Kier molecular flexibility index (Phi) is 3.54. The van der Waals surface area contributed by atoms with Gasteiger partial charge < -0.3 is 9.52 Å². The highest BCUT2D eigenvalue weighted by Crippen LogP contribution is 2.03. The van der Waals surface area contributed by atoms with Crippen LogP contribution in [0.15, 0.2) is 23.0 Å². The average molecular weight is 168 g/mol. The van der Waals surface area contributed by atoms with Crippen LogP contribution in [0, 0.1) is 0 Å². The van der Waals surface area contributed by atoms with Crippen molar-refractivity contribution in [2.75, 3.05) is 6.61 Å². The number of hydrogen-bond acceptors (Lipinski definition) is 3. The Morgan fingerprint density at radius 2 is 2.42 bits per heavy atom. The van der Waals surface area contributed by atoms with E-state index >= 15 is 0 Å². The molecule has 12 heavy (non-hydrogen) atoms. The molecule has 1 heterocycles. The third kappa shape index (κ3) is 2.88. The van der Waals surface area contributed by atoms with Crippen LogP contribution in [0.4, 0.5) is 0 Å². The molecule has 0 aromatic carbocycles. The van der Waals surface area contributed by atoms with E-state index in [2.05, 4.69) is 0 Å². The Labute approximate surface area is 71.0 Å². The van der Waals surface area contributed by atoms with E-state index in [0.717, 1.165) is 5.56 Å². The molecule has 1 aromatic rings. The molecule has 0 saturated carbocycles. The zero-order chi connectivity index (χ0) is 8.81. The van der Waals surface area contributed by atoms with Crippen molar-refractivity contribution in [2.24, 2.45) is 0 Å². The molecule has 3 nitrogen and oxygen atoms in total. The number of furan rings is 1. The van der Waals surface area contributed by atoms with Crippen LogP contribution in [0.3, 0.4) is 0 Å². The lowest BCUT2D eigenvalue weighted by Gasteiger charge is -1.95. The van der Waals surface area contributed by atoms with E-state index in [1.165, 1.54) is 0 Å². The molecule has 0 amide bonds. The fraction of sp³-hybridized carbons (Fsp3) is 0.444. The molecule has 0 aliphatic carbocycles. The van der Waals surface area contributed by atoms with Gasteiger partial charge in [0.1, 0.15) is 5.78 Å². The van der Waals surface area contributed by atoms with Crippen LogP contribution >= 0.6 is 0 Å². The quantitative estimate of drug-likeness (QED) is 0.717. The van der Waals surface area contributed by atoms with Crippen molar-refractivity contribution in [2.45, 2.75) is 19.3 Å². The number of aliphatic hydroxyl groups excluding tert-OH is 1. The van der Waals surface area contributed by atoms with Crippen LogP contribution in [0.2, 0.25) is 0 Å². The van der Waals surface area contributed by atoms with E-state index in [1.807, 2.05) is 0 Å². The highest BCUT2D eigenvalue weighted by Gasteiger charge is 2.03. The van der Waals surface area contributed by atoms with Gasteiger partial charge in [-0.2, -0.15) is 0 Å². The number of hydrogen-bond donors (Lipinski definition) is 1. The van der Waals surface area contributed by atoms with Crippen molar-refractivity contribution in [3.05, 3.63) is 24.2 Å². The van der Waals surface area contributed by atoms with Gasteiger partial charge in [0.15, 0.2) is 0 Å². The van der Waals surface area contributed by atoms with Crippen molar-refractivity contribution < 1.29 is 14.3 Å². The lowest BCUT2D eigenvalue weighted by molar-refractivity contribution is -0.118. The van der Waals surface area contributed by atoms with Crippen LogP contribution in [-0.2, 0) is 11.2 Å². The summed E-state index contributed by atoms with van der Waals surface area (Å²) >= 11 is 0. The fourth-order valence-corrected chi connectivity index (χ4v) is 0.986. The Balaban J connectivity index is 2.27. The minimum Gasteiger partial charge on any atom is -0.472 e. The second-order valence-electron chi connectivity index (χ2n) is 2.67. The first-order valence-electron chi connectivity index (χ1n) is 3.96. The predicted molar refractivity (Wildman–Crippen MR) is 43.7 cm³/mol. The molecule has 0 saturated heterocycles. The molecule has 3 heteroatoms. The van der Waals surface area contributed by atoms with Gasteiger partial charge in [-0.05, 0) is 18.1 Å². The van der Waals surface area contributed by atoms with Crippen molar-refractivity contribution in [3.63, 3.8) is 0 Å². The fourth-order valence-electron chi connectivity index (χ4n) is 0.986. The number of carbonyl (C=O) groups excluding carboxylic acids is 1. The number of rotatable bonds is 5. The third-order valence-electron chi connectivity index (χ3n) is 1.60. The SMILES string of the molecule is O=C(CCCO)Cc1ccoc1. The zero-order valence-corrected chi connectivity index (χ0v) is 6.82. The van der Waals surface area contributed by atoms with Crippen molar-refractivity contribution in [1.29, 1.82) is 0 Å². The lowest BCUT2D eigenvalue weighted by Crippen LogP contribution is -2.02. The molecule has 0 aliphatic rings. The van der Waals surface area contributed by atoms with E-state index in [-0.39, 0.29) is 12.4 Å². The summed E-state index contributed by atoms with van der Waals surface area (Å²) in [6, 6.07) is 1.77. The van der Waals surface area contributed by atoms with Crippen molar-refractivity contribution >= 4 is 5.78 Å². The van der Waals surface area contributed by atoms with Gasteiger partial charge in [-0.1, -0.05) is 0 Å². The average Bonchev–Trinajstić information content (AvgIpc) is 2.53. The molecular formula is C9H12O3. The van der Waals surface area contributed by atoms with E-state index in [0.29, 0.717) is 19.3 Å². The summed E-state index contributed by atoms with van der Waals surface area (Å²) in [6.45, 7) is 0.0805. The first-order chi connectivity index (χ1) is 5.83. The highest BCUT2D eigenvalue weighted by atomic mass is 16.3. The van der Waals surface area contributed by atoms with E-state index in [9.17, 15) is 4.79 Å². The number of Topliss-reactive ketones (excluding diaryl/α,β-unsaturated/α-hetero) is 1. The molecular weight excluding hydrogens is 156 g/mol. The maximum absolute atomic E-state index is 11.1. The van der Waals surface area contributed by atoms with Crippen molar-refractivity contribution in [3.8, 4) is 0 Å². The summed E-state index contributed by atoms with van der Waals surface area (Å²) in [6.07, 6.45) is 4.53. The summed E-state index contributed by atoms with van der Waals surface area (Å²) in [5.74, 6) is 0.144. The second kappa shape index (κ2) is 4.72. The van der Waals surface area contributed by atoms with Crippen LogP contribution in [0.5, 0.6) is 0 Å². The molecule has 0 unspecified atom stereocenters. The molecule has 1 aromatic heterocycles. The zero-order valence-electron chi connectivity index (χ0n) is 6.82. The Morgan fingerprint density at radius 3 is 3.00 bits per heavy atom. The third-order valence-corrected chi connectivity index (χ3v) is 1.60. The summed E-state index contributed by atoms with van der Waals surface area (Å²) < 4.78 is 4.82. The Morgan fingerprint density at radius 1 is 1.58 bits per heavy atom. The van der Waals surface area contributed by atoms with Gasteiger partial charge in [0.25, 0.3) is 0 Å². The molecule has 0 spiro atoms. The van der Waals surface area contributed by atoms with Gasteiger partial charge in [0.2, 0.25) is 0 Å². The Bertz CT molecular complexity index is 226. The van der Waals surface area contributed by atoms with Gasteiger partial charge in [-0.15, -0.1) is 0 Å². The number of carbonyl (C=O) groups is 1. The van der Waals surface area contributed by atoms with Gasteiger partial charge in [-0.25, -0.2) is 0 Å². The minimum atomic E-state index is 0.0805. The van der Waals surface area contributed by atoms with Gasteiger partial charge >= 0.3 is 0 Å². The van der Waals surface area contributed by atoms with E-state index in [4.69, 9.17) is 9.52 Å². The van der Waals surface area contributed by atoms with Crippen LogP contribution in [-0.4, -0.2) is 17.5 Å². The minimum absolute atomic E-state index is 0.0805. The predicted octanol–water partition coefficient (Wildman–Crippen LogP) is 1.16. The van der Waals surface area contributed by atoms with E-state index < -0.39 is 0 Å². The van der Waals surface area contributed by atoms with Crippen molar-refractivity contribution in [1.82, 2.24) is 0 Å². The standard InChI is InChI=1S/C9H12O3/c10-4-1-2-9(11)6-8-3-5-12-7-8/h3,5,7,10H,1-2,4,6H2. The molecule has 1 rings (SSSR count). The van der Waals surface area contributed by atoms with Crippen LogP contribution in [0.1, 0.15) is 18.4 Å². The van der Waals surface area contributed by atoms with Gasteiger partial charge in [0.05, 0.1) is 12.5 Å². The van der Waals surface area contributed by atoms with Gasteiger partial charge in [0, 0.05) is 19.4 Å². The largest absolute Gasteiger partial charge is 0.472 e. The summed E-state index contributed by atoms with van der Waals surface area (Å²) in [7, 11) is 0. The molecule has 0 fully saturated rings.